The fourth-order valence-electron chi connectivity index (χ4n) is 1.87. The molecule has 0 aromatic heterocycles. The molecule has 0 heterocycles. The van der Waals surface area contributed by atoms with Crippen molar-refractivity contribution in [2.75, 3.05) is 0 Å². The van der Waals surface area contributed by atoms with E-state index in [2.05, 4.69) is 73.3 Å². The molecule has 2 aromatic carbocycles. The molecule has 17 heavy (non-hydrogen) atoms. The summed E-state index contributed by atoms with van der Waals surface area (Å²) in [5.41, 5.74) is 2.77. The van der Waals surface area contributed by atoms with Crippen molar-refractivity contribution in [3.8, 4) is 0 Å². The summed E-state index contributed by atoms with van der Waals surface area (Å²) in [6.07, 6.45) is 2.15. The summed E-state index contributed by atoms with van der Waals surface area (Å²) >= 11 is 3.80. The van der Waals surface area contributed by atoms with E-state index in [4.69, 9.17) is 0 Å². The van der Waals surface area contributed by atoms with Crippen LogP contribution < -0.4 is 24.0 Å². The highest BCUT2D eigenvalue weighted by Gasteiger charge is 2.10. The van der Waals surface area contributed by atoms with Crippen molar-refractivity contribution in [2.24, 2.45) is 0 Å². The Bertz CT molecular complexity index is 372. The third-order valence-electron chi connectivity index (χ3n) is 2.65. The Balaban J connectivity index is 0.00000144. The van der Waals surface area contributed by atoms with Gasteiger partial charge in [-0.1, -0.05) is 60.7 Å². The van der Waals surface area contributed by atoms with Crippen LogP contribution in [0.3, 0.4) is 0 Å². The molecule has 2 rings (SSSR count). The zero-order valence-corrected chi connectivity index (χ0v) is 12.8. The Kier molecular flexibility index (Phi) is 6.66. The van der Waals surface area contributed by atoms with Crippen molar-refractivity contribution >= 4 is 12.6 Å². The van der Waals surface area contributed by atoms with Gasteiger partial charge in [0.05, 0.1) is 0 Å². The average Bonchev–Trinajstić information content (AvgIpc) is 2.31. The Morgan fingerprint density at radius 1 is 0.706 bits per heavy atom. The van der Waals surface area contributed by atoms with E-state index in [9.17, 15) is 0 Å². The van der Waals surface area contributed by atoms with Crippen LogP contribution in [-0.4, -0.2) is 5.25 Å². The molecule has 0 amide bonds. The fourth-order valence-corrected chi connectivity index (χ4v) is 2.34. The maximum absolute atomic E-state index is 3.80. The quantitative estimate of drug-likeness (QED) is 0.528. The average molecular weight is 356 g/mol. The predicted octanol–water partition coefficient (Wildman–Crippen LogP) is -0.144. The molecule has 0 N–H and O–H groups in total. The second-order valence-corrected chi connectivity index (χ2v) is 4.89. The van der Waals surface area contributed by atoms with Gasteiger partial charge in [-0.25, -0.2) is 0 Å². The molecule has 0 radical (unpaired) electrons. The standard InChI is InChI=1S/C15H16S.HI/c16-15(11-13-7-3-1-4-8-13)12-14-9-5-2-6-10-14;/h1-10,15-16H,11-12H2;1H. The minimum absolute atomic E-state index is 0. The van der Waals surface area contributed by atoms with E-state index in [0.29, 0.717) is 5.25 Å². The lowest BCUT2D eigenvalue weighted by molar-refractivity contribution is -0.00000314. The number of hydrogen-bond acceptors (Lipinski definition) is 0. The van der Waals surface area contributed by atoms with Gasteiger partial charge in [-0.2, -0.15) is 0 Å². The lowest BCUT2D eigenvalue weighted by atomic mass is 10.0. The first-order valence-corrected chi connectivity index (χ1v) is 6.21. The van der Waals surface area contributed by atoms with E-state index in [1.54, 1.807) is 0 Å². The van der Waals surface area contributed by atoms with Crippen molar-refractivity contribution in [3.63, 3.8) is 0 Å². The maximum Gasteiger partial charge on any atom is 0.121 e. The lowest BCUT2D eigenvalue weighted by Gasteiger charge is -2.06. The van der Waals surface area contributed by atoms with Crippen LogP contribution in [0, 0.1) is 0 Å². The highest BCUT2D eigenvalue weighted by molar-refractivity contribution is 7.59. The molecule has 0 saturated carbocycles. The van der Waals surface area contributed by atoms with Crippen molar-refractivity contribution < 1.29 is 24.0 Å². The van der Waals surface area contributed by atoms with E-state index in [1.807, 2.05) is 0 Å². The second kappa shape index (κ2) is 7.77. The molecule has 0 nitrogen and oxygen atoms in total. The first-order valence-electron chi connectivity index (χ1n) is 5.63. The maximum atomic E-state index is 3.80. The van der Waals surface area contributed by atoms with E-state index in [1.165, 1.54) is 11.1 Å². The van der Waals surface area contributed by atoms with Crippen molar-refractivity contribution in [2.45, 2.75) is 18.1 Å². The molecule has 0 bridgehead atoms. The third-order valence-corrected chi connectivity index (χ3v) is 3.06. The Morgan fingerprint density at radius 3 is 1.41 bits per heavy atom. The third kappa shape index (κ3) is 5.13. The van der Waals surface area contributed by atoms with Gasteiger partial charge < -0.3 is 24.0 Å². The molecule has 0 fully saturated rings. The minimum Gasteiger partial charge on any atom is -1.00 e. The highest BCUT2D eigenvalue weighted by Crippen LogP contribution is 2.09. The summed E-state index contributed by atoms with van der Waals surface area (Å²) in [7, 11) is 0. The van der Waals surface area contributed by atoms with Gasteiger partial charge in [-0.05, 0) is 23.8 Å². The zero-order valence-electron chi connectivity index (χ0n) is 9.64. The highest BCUT2D eigenvalue weighted by atomic mass is 127. The summed E-state index contributed by atoms with van der Waals surface area (Å²) in [5.74, 6) is 0. The van der Waals surface area contributed by atoms with Crippen LogP contribution in [0.15, 0.2) is 60.7 Å². The molecule has 0 aliphatic heterocycles. The van der Waals surface area contributed by atoms with E-state index >= 15 is 0 Å². The Labute approximate surface area is 126 Å². The van der Waals surface area contributed by atoms with Crippen LogP contribution in [0.2, 0.25) is 0 Å². The van der Waals surface area contributed by atoms with Gasteiger partial charge in [-0.3, -0.25) is 0 Å². The number of rotatable bonds is 4. The summed E-state index contributed by atoms with van der Waals surface area (Å²) in [6, 6.07) is 21.2. The van der Waals surface area contributed by atoms with Crippen molar-refractivity contribution in [1.29, 1.82) is 0 Å². The van der Waals surface area contributed by atoms with Gasteiger partial charge in [0, 0.05) is 12.8 Å². The fraction of sp³-hybridized carbons (Fsp3) is 0.200. The minimum atomic E-state index is 0. The molecule has 0 aliphatic rings. The van der Waals surface area contributed by atoms with Gasteiger partial charge in [0.1, 0.15) is 5.25 Å². The number of hydrogen-bond donors (Lipinski definition) is 0. The van der Waals surface area contributed by atoms with Crippen LogP contribution in [0.5, 0.6) is 0 Å². The summed E-state index contributed by atoms with van der Waals surface area (Å²) in [6.45, 7) is 0. The monoisotopic (exact) mass is 356 g/mol. The Morgan fingerprint density at radius 2 is 1.06 bits per heavy atom. The smallest absolute Gasteiger partial charge is 0.121 e. The van der Waals surface area contributed by atoms with Crippen LogP contribution in [0.4, 0.5) is 0 Å². The van der Waals surface area contributed by atoms with Crippen LogP contribution in [0.25, 0.3) is 0 Å². The molecule has 90 valence electrons. The summed E-state index contributed by atoms with van der Waals surface area (Å²) in [5, 5.41) is 0.504. The van der Waals surface area contributed by atoms with E-state index in [0.717, 1.165) is 12.8 Å². The van der Waals surface area contributed by atoms with Crippen LogP contribution >= 0.6 is 0 Å². The largest absolute Gasteiger partial charge is 1.00 e. The van der Waals surface area contributed by atoms with Gasteiger partial charge in [0.15, 0.2) is 0 Å². The normalized spacial score (nSPS) is 10.0. The second-order valence-electron chi connectivity index (χ2n) is 4.08. The van der Waals surface area contributed by atoms with Gasteiger partial charge >= 0.3 is 0 Å². The topological polar surface area (TPSA) is 0 Å². The molecule has 0 atom stereocenters. The van der Waals surface area contributed by atoms with Gasteiger partial charge in [0.2, 0.25) is 0 Å². The molecular weight excluding hydrogens is 339 g/mol. The first-order chi connectivity index (χ1) is 7.84. The molecule has 0 aliphatic carbocycles. The zero-order chi connectivity index (χ0) is 11.2. The molecule has 2 heteroatoms. The van der Waals surface area contributed by atoms with Crippen molar-refractivity contribution in [1.82, 2.24) is 0 Å². The molecular formula is C15H17IS. The SMILES string of the molecule is [I-].[SH2+]C(Cc1ccccc1)Cc1ccccc1. The summed E-state index contributed by atoms with van der Waals surface area (Å²) < 4.78 is 0. The molecule has 0 unspecified atom stereocenters. The van der Waals surface area contributed by atoms with Crippen LogP contribution in [0.1, 0.15) is 11.1 Å². The predicted molar refractivity (Wildman–Crippen MR) is 74.2 cm³/mol. The van der Waals surface area contributed by atoms with Crippen molar-refractivity contribution in [3.05, 3.63) is 71.8 Å². The van der Waals surface area contributed by atoms with Gasteiger partial charge in [0.25, 0.3) is 0 Å². The molecule has 0 spiro atoms. The number of benzene rings is 2. The number of halogens is 1. The van der Waals surface area contributed by atoms with Crippen LogP contribution in [-0.2, 0) is 25.5 Å². The molecule has 2 aromatic rings. The Hall–Kier alpha value is -0.480. The lowest BCUT2D eigenvalue weighted by Crippen LogP contribution is -3.00. The van der Waals surface area contributed by atoms with Gasteiger partial charge in [-0.15, -0.1) is 0 Å². The van der Waals surface area contributed by atoms with E-state index in [-0.39, 0.29) is 24.0 Å². The van der Waals surface area contributed by atoms with E-state index < -0.39 is 0 Å². The molecule has 0 saturated heterocycles. The first kappa shape index (κ1) is 14.6. The summed E-state index contributed by atoms with van der Waals surface area (Å²) in [4.78, 5) is 0.